The van der Waals surface area contributed by atoms with E-state index in [-0.39, 0.29) is 50.7 Å². The molecule has 1 saturated carbocycles. The second kappa shape index (κ2) is 14.8. The van der Waals surface area contributed by atoms with Crippen molar-refractivity contribution in [2.45, 2.75) is 24.2 Å². The summed E-state index contributed by atoms with van der Waals surface area (Å²) in [5.74, 6) is -6.33. The predicted molar refractivity (Wildman–Crippen MR) is 219 cm³/mol. The minimum absolute atomic E-state index is 0.00287. The highest BCUT2D eigenvalue weighted by Gasteiger charge is 2.70. The highest BCUT2D eigenvalue weighted by Crippen LogP contribution is 2.66. The second-order valence-corrected chi connectivity index (χ2v) is 16.8. The lowest BCUT2D eigenvalue weighted by molar-refractivity contribution is -0.138. The van der Waals surface area contributed by atoms with E-state index in [1.54, 1.807) is 48.5 Å². The number of aromatic hydroxyl groups is 1. The van der Waals surface area contributed by atoms with Gasteiger partial charge < -0.3 is 24.6 Å². The van der Waals surface area contributed by atoms with Crippen LogP contribution in [-0.4, -0.2) is 65.1 Å². The maximum Gasteiger partial charge on any atom is 0.488 e. The monoisotopic (exact) mass is 937 g/mol. The van der Waals surface area contributed by atoms with Gasteiger partial charge >= 0.3 is 7.12 Å². The van der Waals surface area contributed by atoms with Gasteiger partial charge in [-0.25, -0.2) is 0 Å². The molecule has 0 radical (unpaired) electrons. The summed E-state index contributed by atoms with van der Waals surface area (Å²) in [6.45, 7) is 0. The van der Waals surface area contributed by atoms with Crippen LogP contribution in [0.2, 0.25) is 10.0 Å². The zero-order chi connectivity index (χ0) is 40.7. The zero-order valence-corrected chi connectivity index (χ0v) is 34.8. The van der Waals surface area contributed by atoms with Gasteiger partial charge in [-0.05, 0) is 116 Å². The molecule has 17 heteroatoms. The molecule has 4 amide bonds. The van der Waals surface area contributed by atoms with Gasteiger partial charge in [0.25, 0.3) is 11.8 Å². The number of carbonyl (C=O) groups excluding carboxylic acids is 4. The molecule has 4 N–H and O–H groups in total. The molecule has 6 unspecified atom stereocenters. The summed E-state index contributed by atoms with van der Waals surface area (Å²) in [6.07, 6.45) is 2.03. The van der Waals surface area contributed by atoms with Crippen molar-refractivity contribution in [2.24, 2.45) is 23.7 Å². The van der Waals surface area contributed by atoms with Crippen LogP contribution in [0.4, 0.5) is 11.4 Å². The maximum atomic E-state index is 15.6. The number of nitrogens with zero attached hydrogens (tertiary/aromatic N) is 2. The van der Waals surface area contributed by atoms with Crippen molar-refractivity contribution in [1.82, 2.24) is 5.01 Å². The number of methoxy groups -OCH3 is 2. The SMILES string of the molecule is COc1ccc(C23C(=O)N(Nc4ccc(Cl)cc4Cl)C(=O)C2CC2C(=CCC4C(=O)N(c5cccc(B(O)O)c5)C(=O)C42)C3c2cc(OC)c(O)c(Br)c2Br)cc1. The Balaban J connectivity index is 1.36. The van der Waals surface area contributed by atoms with Gasteiger partial charge in [0.05, 0.1) is 58.3 Å². The van der Waals surface area contributed by atoms with Gasteiger partial charge in [-0.3, -0.25) is 29.5 Å². The van der Waals surface area contributed by atoms with Crippen molar-refractivity contribution < 1.29 is 43.8 Å². The quantitative estimate of drug-likeness (QED) is 0.0921. The van der Waals surface area contributed by atoms with E-state index >= 15 is 9.59 Å². The third-order valence-electron chi connectivity index (χ3n) is 11.7. The van der Waals surface area contributed by atoms with Crippen molar-refractivity contribution in [3.63, 3.8) is 0 Å². The normalized spacial score (nSPS) is 25.2. The van der Waals surface area contributed by atoms with E-state index in [1.165, 1.54) is 38.5 Å². The Morgan fingerprint density at radius 3 is 2.28 bits per heavy atom. The standard InChI is InChI=1S/C40H32BBr2Cl2N3O9/c1-56-22-9-6-18(7-10-22)40-27(37(51)48(39(40)53)46-29-13-8-20(44)15-28(29)45)16-25-23(32(40)26-17-30(57-2)35(49)34(43)33(26)42)11-12-24-31(25)38(52)47(36(24)50)21-5-3-4-19(14-21)41(54)55/h3-11,13-15,17,24-25,27,31-32,46,49,54-55H,12,16H2,1-2H3. The molecular formula is C40H32BBr2Cl2N3O9. The van der Waals surface area contributed by atoms with E-state index in [9.17, 15) is 24.7 Å². The van der Waals surface area contributed by atoms with Crippen LogP contribution in [0.5, 0.6) is 17.2 Å². The maximum absolute atomic E-state index is 15.6. The number of amides is 4. The number of nitrogens with one attached hydrogen (secondary N) is 1. The Labute approximate surface area is 353 Å². The second-order valence-electron chi connectivity index (χ2n) is 14.3. The van der Waals surface area contributed by atoms with Gasteiger partial charge in [-0.15, -0.1) is 0 Å². The first-order valence-corrected chi connectivity index (χ1v) is 20.1. The van der Waals surface area contributed by atoms with Crippen LogP contribution in [0.25, 0.3) is 0 Å². The van der Waals surface area contributed by atoms with E-state index < -0.39 is 65.8 Å². The molecule has 4 aromatic rings. The summed E-state index contributed by atoms with van der Waals surface area (Å²) in [5, 5.41) is 32.3. The fourth-order valence-corrected chi connectivity index (χ4v) is 10.7. The molecular weight excluding hydrogens is 908 g/mol. The van der Waals surface area contributed by atoms with Crippen LogP contribution in [0, 0.1) is 23.7 Å². The number of benzene rings is 4. The number of hydrogen-bond donors (Lipinski definition) is 4. The molecule has 4 aromatic carbocycles. The molecule has 0 spiro atoms. The van der Waals surface area contributed by atoms with Crippen LogP contribution in [0.1, 0.15) is 29.9 Å². The molecule has 0 bridgehead atoms. The molecule has 2 heterocycles. The average molecular weight is 940 g/mol. The first-order valence-electron chi connectivity index (χ1n) is 17.8. The number of halogens is 4. The fourth-order valence-electron chi connectivity index (χ4n) is 9.24. The molecule has 4 aliphatic rings. The van der Waals surface area contributed by atoms with Crippen molar-refractivity contribution in [3.8, 4) is 17.2 Å². The third-order valence-corrected chi connectivity index (χ3v) is 14.4. The Bertz CT molecular complexity index is 2420. The van der Waals surface area contributed by atoms with Gasteiger partial charge in [-0.2, -0.15) is 5.01 Å². The average Bonchev–Trinajstić information content (AvgIpc) is 3.58. The van der Waals surface area contributed by atoms with Crippen LogP contribution in [0.3, 0.4) is 0 Å². The molecule has 8 rings (SSSR count). The minimum atomic E-state index is -1.83. The van der Waals surface area contributed by atoms with Crippen LogP contribution in [-0.2, 0) is 24.6 Å². The topological polar surface area (TPSA) is 166 Å². The van der Waals surface area contributed by atoms with E-state index in [2.05, 4.69) is 37.3 Å². The van der Waals surface area contributed by atoms with Gasteiger partial charge in [0, 0.05) is 15.4 Å². The number of phenols is 1. The third kappa shape index (κ3) is 5.99. The summed E-state index contributed by atoms with van der Waals surface area (Å²) in [4.78, 5) is 60.6. The Kier molecular flexibility index (Phi) is 10.2. The summed E-state index contributed by atoms with van der Waals surface area (Å²) in [7, 11) is 1.08. The number of carbonyl (C=O) groups is 4. The number of allylic oxidation sites excluding steroid dienone is 2. The molecule has 12 nitrogen and oxygen atoms in total. The van der Waals surface area contributed by atoms with Crippen molar-refractivity contribution in [2.75, 3.05) is 24.5 Å². The fraction of sp³-hybridized carbons (Fsp3) is 0.250. The van der Waals surface area contributed by atoms with Crippen molar-refractivity contribution in [1.29, 1.82) is 0 Å². The summed E-state index contributed by atoms with van der Waals surface area (Å²) in [6, 6.07) is 19.0. The first kappa shape index (κ1) is 39.5. The lowest BCUT2D eigenvalue weighted by atomic mass is 9.49. The van der Waals surface area contributed by atoms with Gasteiger partial charge in [0.2, 0.25) is 11.8 Å². The number of hydrazine groups is 1. The minimum Gasteiger partial charge on any atom is -0.503 e. The lowest BCUT2D eigenvalue weighted by Crippen LogP contribution is -2.53. The zero-order valence-electron chi connectivity index (χ0n) is 30.1. The Morgan fingerprint density at radius 2 is 1.61 bits per heavy atom. The van der Waals surface area contributed by atoms with Crippen molar-refractivity contribution in [3.05, 3.63) is 115 Å². The highest BCUT2D eigenvalue weighted by atomic mass is 79.9. The smallest absolute Gasteiger partial charge is 0.488 e. The van der Waals surface area contributed by atoms with E-state index in [0.717, 1.165) is 9.91 Å². The first-order chi connectivity index (χ1) is 27.2. The molecule has 3 fully saturated rings. The molecule has 2 aliphatic heterocycles. The Morgan fingerprint density at radius 1 is 0.877 bits per heavy atom. The molecule has 2 saturated heterocycles. The number of fused-ring (bicyclic) bond motifs is 4. The molecule has 6 atom stereocenters. The van der Waals surface area contributed by atoms with Gasteiger partial charge in [0.1, 0.15) is 5.75 Å². The largest absolute Gasteiger partial charge is 0.503 e. The van der Waals surface area contributed by atoms with Crippen LogP contribution < -0.4 is 25.3 Å². The number of anilines is 2. The summed E-state index contributed by atoms with van der Waals surface area (Å²) >= 11 is 19.9. The van der Waals surface area contributed by atoms with E-state index in [4.69, 9.17) is 32.7 Å². The lowest BCUT2D eigenvalue weighted by Gasteiger charge is -2.51. The van der Waals surface area contributed by atoms with E-state index in [0.29, 0.717) is 31.9 Å². The molecule has 292 valence electrons. The molecule has 2 aliphatic carbocycles. The van der Waals surface area contributed by atoms with Gasteiger partial charge in [0.15, 0.2) is 11.5 Å². The summed E-state index contributed by atoms with van der Waals surface area (Å²) < 4.78 is 11.7. The van der Waals surface area contributed by atoms with Crippen LogP contribution >= 0.6 is 55.1 Å². The number of imide groups is 2. The van der Waals surface area contributed by atoms with Crippen molar-refractivity contribution >= 4 is 103 Å². The predicted octanol–water partition coefficient (Wildman–Crippen LogP) is 6.11. The van der Waals surface area contributed by atoms with E-state index in [1.807, 2.05) is 6.08 Å². The highest BCUT2D eigenvalue weighted by molar-refractivity contribution is 9.13. The number of phenolic OH excluding ortho intramolecular Hbond substituents is 1. The van der Waals surface area contributed by atoms with Crippen LogP contribution in [0.15, 0.2) is 93.4 Å². The number of ether oxygens (including phenoxy) is 2. The Hall–Kier alpha value is -4.38. The summed E-state index contributed by atoms with van der Waals surface area (Å²) in [5.41, 5.74) is 3.43. The van der Waals surface area contributed by atoms with Gasteiger partial charge in [-0.1, -0.05) is 59.1 Å². The number of hydrogen-bond acceptors (Lipinski definition) is 10. The number of rotatable bonds is 8. The molecule has 0 aromatic heterocycles. The molecule has 57 heavy (non-hydrogen) atoms.